The van der Waals surface area contributed by atoms with E-state index >= 15 is 0 Å². The van der Waals surface area contributed by atoms with Gasteiger partial charge in [0.2, 0.25) is 0 Å². The average molecular weight is 280 g/mol. The normalized spacial score (nSPS) is 15.6. The maximum atomic E-state index is 11.2. The Balaban J connectivity index is 3.94. The molecule has 0 bridgehead atoms. The molecule has 5 heteroatoms. The Hall–Kier alpha value is -0.130. The Morgan fingerprint density at radius 1 is 0.944 bits per heavy atom. The Kier molecular flexibility index (Phi) is 9.68. The number of aliphatic hydroxyl groups excluding tert-OH is 1. The topological polar surface area (TPSA) is 74.6 Å². The second-order valence-electron chi connectivity index (χ2n) is 5.12. The molecule has 0 saturated carbocycles. The second-order valence-corrected chi connectivity index (χ2v) is 6.82. The maximum Gasteiger partial charge on any atom is 0.267 e. The molecule has 0 saturated heterocycles. The number of hydrogen-bond donors (Lipinski definition) is 2. The lowest BCUT2D eigenvalue weighted by atomic mass is 10.0. The molecular weight excluding hydrogens is 252 g/mol. The van der Waals surface area contributed by atoms with Crippen molar-refractivity contribution in [1.29, 1.82) is 0 Å². The minimum Gasteiger partial charge on any atom is -0.393 e. The Morgan fingerprint density at radius 3 is 2.00 bits per heavy atom. The van der Waals surface area contributed by atoms with Crippen LogP contribution >= 0.6 is 0 Å². The van der Waals surface area contributed by atoms with Gasteiger partial charge in [-0.05, 0) is 32.6 Å². The van der Waals surface area contributed by atoms with E-state index in [-0.39, 0.29) is 0 Å². The zero-order chi connectivity index (χ0) is 14.0. The van der Waals surface area contributed by atoms with Crippen LogP contribution in [-0.2, 0) is 10.1 Å². The van der Waals surface area contributed by atoms with E-state index in [4.69, 9.17) is 9.66 Å². The van der Waals surface area contributed by atoms with Gasteiger partial charge in [-0.1, -0.05) is 39.0 Å². The third-order valence-corrected chi connectivity index (χ3v) is 4.51. The molecule has 2 N–H and O–H groups in total. The summed E-state index contributed by atoms with van der Waals surface area (Å²) in [5.41, 5.74) is 0. The molecule has 18 heavy (non-hydrogen) atoms. The summed E-state index contributed by atoms with van der Waals surface area (Å²) < 4.78 is 31.6. The molecule has 0 aliphatic carbocycles. The number of unbranched alkanes of at least 4 members (excludes halogenated alkanes) is 4. The predicted molar refractivity (Wildman–Crippen MR) is 74.2 cm³/mol. The number of rotatable bonds is 11. The van der Waals surface area contributed by atoms with Crippen LogP contribution in [0.1, 0.15) is 71.6 Å². The van der Waals surface area contributed by atoms with Crippen molar-refractivity contribution >= 4 is 10.1 Å². The number of hydrogen-bond acceptors (Lipinski definition) is 3. The van der Waals surface area contributed by atoms with E-state index in [1.807, 2.05) is 0 Å². The first kappa shape index (κ1) is 17.9. The van der Waals surface area contributed by atoms with Gasteiger partial charge >= 0.3 is 0 Å². The van der Waals surface area contributed by atoms with E-state index in [2.05, 4.69) is 6.92 Å². The SMILES string of the molecule is CCCCCCCC(CCCC(C)O)S(=O)(=O)O. The van der Waals surface area contributed by atoms with E-state index in [1.54, 1.807) is 6.92 Å². The van der Waals surface area contributed by atoms with Gasteiger partial charge in [-0.15, -0.1) is 0 Å². The summed E-state index contributed by atoms with van der Waals surface area (Å²) in [5, 5.41) is 8.47. The smallest absolute Gasteiger partial charge is 0.267 e. The highest BCUT2D eigenvalue weighted by atomic mass is 32.2. The van der Waals surface area contributed by atoms with Crippen LogP contribution in [0.3, 0.4) is 0 Å². The van der Waals surface area contributed by atoms with Crippen molar-refractivity contribution in [2.75, 3.05) is 0 Å². The quantitative estimate of drug-likeness (QED) is 0.450. The molecule has 2 unspecified atom stereocenters. The Morgan fingerprint density at radius 2 is 1.50 bits per heavy atom. The lowest BCUT2D eigenvalue weighted by molar-refractivity contribution is 0.180. The molecule has 0 aromatic heterocycles. The van der Waals surface area contributed by atoms with Crippen LogP contribution in [0, 0.1) is 0 Å². The van der Waals surface area contributed by atoms with Gasteiger partial charge in [-0.25, -0.2) is 0 Å². The van der Waals surface area contributed by atoms with Crippen LogP contribution in [0.5, 0.6) is 0 Å². The molecule has 0 radical (unpaired) electrons. The minimum absolute atomic E-state index is 0.406. The fraction of sp³-hybridized carbons (Fsp3) is 1.00. The van der Waals surface area contributed by atoms with Gasteiger partial charge in [0, 0.05) is 0 Å². The van der Waals surface area contributed by atoms with Gasteiger partial charge < -0.3 is 5.11 Å². The third-order valence-electron chi connectivity index (χ3n) is 3.20. The van der Waals surface area contributed by atoms with Gasteiger partial charge in [-0.3, -0.25) is 4.55 Å². The van der Waals surface area contributed by atoms with E-state index in [1.165, 1.54) is 6.42 Å². The molecule has 0 rings (SSSR count). The van der Waals surface area contributed by atoms with Crippen molar-refractivity contribution < 1.29 is 18.1 Å². The molecule has 0 aliphatic rings. The van der Waals surface area contributed by atoms with Gasteiger partial charge in [0.25, 0.3) is 10.1 Å². The van der Waals surface area contributed by atoms with Crippen LogP contribution in [0.4, 0.5) is 0 Å². The van der Waals surface area contributed by atoms with Crippen molar-refractivity contribution in [1.82, 2.24) is 0 Å². The van der Waals surface area contributed by atoms with Crippen LogP contribution < -0.4 is 0 Å². The fourth-order valence-electron chi connectivity index (χ4n) is 2.06. The molecular formula is C13H28O4S. The largest absolute Gasteiger partial charge is 0.393 e. The van der Waals surface area contributed by atoms with Crippen molar-refractivity contribution in [3.05, 3.63) is 0 Å². The van der Waals surface area contributed by atoms with Crippen LogP contribution in [0.2, 0.25) is 0 Å². The highest BCUT2D eigenvalue weighted by molar-refractivity contribution is 7.86. The van der Waals surface area contributed by atoms with Gasteiger partial charge in [0.05, 0.1) is 11.4 Å². The van der Waals surface area contributed by atoms with Gasteiger partial charge in [0.15, 0.2) is 0 Å². The van der Waals surface area contributed by atoms with E-state index in [0.717, 1.165) is 25.7 Å². The highest BCUT2D eigenvalue weighted by Crippen LogP contribution is 2.18. The molecule has 0 spiro atoms. The lowest BCUT2D eigenvalue weighted by Gasteiger charge is -2.14. The summed E-state index contributed by atoms with van der Waals surface area (Å²) in [5.74, 6) is 0. The zero-order valence-corrected chi connectivity index (χ0v) is 12.5. The molecule has 0 aromatic rings. The van der Waals surface area contributed by atoms with E-state index in [0.29, 0.717) is 25.7 Å². The Bertz CT molecular complexity index is 285. The monoisotopic (exact) mass is 280 g/mol. The number of aliphatic hydroxyl groups is 1. The summed E-state index contributed by atoms with van der Waals surface area (Å²) in [6.07, 6.45) is 7.13. The molecule has 0 amide bonds. The lowest BCUT2D eigenvalue weighted by Crippen LogP contribution is -2.21. The first-order chi connectivity index (χ1) is 8.38. The van der Waals surface area contributed by atoms with Crippen molar-refractivity contribution in [2.24, 2.45) is 0 Å². The first-order valence-corrected chi connectivity index (χ1v) is 8.52. The molecule has 0 fully saturated rings. The third kappa shape index (κ3) is 9.85. The molecule has 110 valence electrons. The molecule has 4 nitrogen and oxygen atoms in total. The molecule has 0 heterocycles. The first-order valence-electron chi connectivity index (χ1n) is 7.02. The zero-order valence-electron chi connectivity index (χ0n) is 11.6. The highest BCUT2D eigenvalue weighted by Gasteiger charge is 2.22. The Labute approximate surface area is 112 Å². The molecule has 2 atom stereocenters. The fourth-order valence-corrected chi connectivity index (χ4v) is 2.99. The van der Waals surface area contributed by atoms with Crippen LogP contribution in [0.15, 0.2) is 0 Å². The van der Waals surface area contributed by atoms with Crippen LogP contribution in [-0.4, -0.2) is 29.4 Å². The molecule has 0 aliphatic heterocycles. The maximum absolute atomic E-state index is 11.2. The minimum atomic E-state index is -3.94. The summed E-state index contributed by atoms with van der Waals surface area (Å²) >= 11 is 0. The standard InChI is InChI=1S/C13H28O4S/c1-3-4-5-6-7-10-13(18(15,16)17)11-8-9-12(2)14/h12-14H,3-11H2,1-2H3,(H,15,16,17). The molecule has 0 aromatic carbocycles. The van der Waals surface area contributed by atoms with Crippen molar-refractivity contribution in [3.63, 3.8) is 0 Å². The van der Waals surface area contributed by atoms with Crippen molar-refractivity contribution in [3.8, 4) is 0 Å². The van der Waals surface area contributed by atoms with Gasteiger partial charge in [-0.2, -0.15) is 8.42 Å². The predicted octanol–water partition coefficient (Wildman–Crippen LogP) is 3.15. The summed E-state index contributed by atoms with van der Waals surface area (Å²) in [6, 6.07) is 0. The second kappa shape index (κ2) is 9.75. The van der Waals surface area contributed by atoms with Gasteiger partial charge in [0.1, 0.15) is 0 Å². The van der Waals surface area contributed by atoms with E-state index < -0.39 is 21.5 Å². The van der Waals surface area contributed by atoms with E-state index in [9.17, 15) is 8.42 Å². The summed E-state index contributed by atoms with van der Waals surface area (Å²) in [6.45, 7) is 3.82. The van der Waals surface area contributed by atoms with Crippen molar-refractivity contribution in [2.45, 2.75) is 83.0 Å². The summed E-state index contributed by atoms with van der Waals surface area (Å²) in [4.78, 5) is 0. The summed E-state index contributed by atoms with van der Waals surface area (Å²) in [7, 11) is -3.94. The average Bonchev–Trinajstić information content (AvgIpc) is 2.24. The van der Waals surface area contributed by atoms with Crippen LogP contribution in [0.25, 0.3) is 0 Å².